The number of carbonyl (C=O) groups is 1. The van der Waals surface area contributed by atoms with Gasteiger partial charge in [-0.15, -0.1) is 11.3 Å². The van der Waals surface area contributed by atoms with Gasteiger partial charge >= 0.3 is 0 Å². The zero-order valence-electron chi connectivity index (χ0n) is 9.41. The maximum absolute atomic E-state index is 12.1. The molecule has 4 nitrogen and oxygen atoms in total. The van der Waals surface area contributed by atoms with Crippen molar-refractivity contribution < 1.29 is 4.79 Å². The van der Waals surface area contributed by atoms with Crippen molar-refractivity contribution in [2.75, 3.05) is 11.1 Å². The van der Waals surface area contributed by atoms with Crippen LogP contribution in [0.1, 0.15) is 15.9 Å². The van der Waals surface area contributed by atoms with Gasteiger partial charge in [-0.2, -0.15) is 5.26 Å². The normalized spacial score (nSPS) is 9.95. The van der Waals surface area contributed by atoms with Crippen LogP contribution in [0.2, 0.25) is 0 Å². The van der Waals surface area contributed by atoms with Gasteiger partial charge in [0, 0.05) is 0 Å². The first kappa shape index (κ1) is 14.1. The Bertz CT molecular complexity index is 691. The van der Waals surface area contributed by atoms with Crippen molar-refractivity contribution in [1.82, 2.24) is 0 Å². The Labute approximate surface area is 130 Å². The predicted molar refractivity (Wildman–Crippen MR) is 83.2 cm³/mol. The first-order valence-corrected chi connectivity index (χ1v) is 7.47. The highest BCUT2D eigenvalue weighted by atomic mass is 79.9. The number of hydrogen-bond acceptors (Lipinski definition) is 4. The lowest BCUT2D eigenvalue weighted by molar-refractivity contribution is 0.102. The third-order valence-corrected chi connectivity index (χ3v) is 4.67. The summed E-state index contributed by atoms with van der Waals surface area (Å²) < 4.78 is 1.60. The number of thiophene rings is 1. The highest BCUT2D eigenvalue weighted by Crippen LogP contribution is 2.32. The van der Waals surface area contributed by atoms with Gasteiger partial charge in [0.25, 0.3) is 5.91 Å². The zero-order valence-corrected chi connectivity index (χ0v) is 13.4. The molecule has 0 spiro atoms. The number of amides is 1. The topological polar surface area (TPSA) is 78.9 Å². The molecule has 1 heterocycles. The molecule has 0 bridgehead atoms. The number of nitrogens with one attached hydrogen (secondary N) is 1. The fourth-order valence-corrected chi connectivity index (χ4v) is 4.22. The lowest BCUT2D eigenvalue weighted by Crippen LogP contribution is -2.12. The molecule has 2 aromatic rings. The molecule has 0 saturated heterocycles. The highest BCUT2D eigenvalue weighted by molar-refractivity contribution is 9.12. The quantitative estimate of drug-likeness (QED) is 0.748. The summed E-state index contributed by atoms with van der Waals surface area (Å²) in [5.74, 6) is -0.259. The number of halogens is 2. The maximum atomic E-state index is 12.1. The molecule has 0 atom stereocenters. The molecule has 0 fully saturated rings. The summed E-state index contributed by atoms with van der Waals surface area (Å²) >= 11 is 8.06. The van der Waals surface area contributed by atoms with Crippen LogP contribution in [0.15, 0.2) is 31.8 Å². The van der Waals surface area contributed by atoms with E-state index in [1.54, 1.807) is 18.2 Å². The van der Waals surface area contributed by atoms with Gasteiger partial charge in [-0.05, 0) is 56.1 Å². The molecule has 0 unspecified atom stereocenters. The van der Waals surface area contributed by atoms with Crippen molar-refractivity contribution in [3.8, 4) is 6.07 Å². The molecular formula is C12H7Br2N3OS. The summed E-state index contributed by atoms with van der Waals surface area (Å²) in [6.07, 6.45) is 0. The minimum atomic E-state index is -0.259. The van der Waals surface area contributed by atoms with Crippen LogP contribution in [0.5, 0.6) is 0 Å². The van der Waals surface area contributed by atoms with Crippen LogP contribution >= 0.6 is 43.2 Å². The molecule has 1 aromatic carbocycles. The fourth-order valence-electron chi connectivity index (χ4n) is 1.43. The molecule has 0 saturated carbocycles. The van der Waals surface area contributed by atoms with Crippen molar-refractivity contribution in [2.24, 2.45) is 0 Å². The summed E-state index contributed by atoms with van der Waals surface area (Å²) in [7, 11) is 0. The highest BCUT2D eigenvalue weighted by Gasteiger charge is 2.14. The van der Waals surface area contributed by atoms with Crippen molar-refractivity contribution >= 4 is 60.5 Å². The van der Waals surface area contributed by atoms with E-state index in [1.807, 2.05) is 6.07 Å². The number of anilines is 2. The van der Waals surface area contributed by atoms with Gasteiger partial charge in [0.05, 0.1) is 36.1 Å². The van der Waals surface area contributed by atoms with Gasteiger partial charge in [-0.3, -0.25) is 4.79 Å². The van der Waals surface area contributed by atoms with Gasteiger partial charge in [-0.25, -0.2) is 0 Å². The zero-order chi connectivity index (χ0) is 14.0. The molecule has 3 N–H and O–H groups in total. The Balaban J connectivity index is 2.25. The van der Waals surface area contributed by atoms with E-state index < -0.39 is 0 Å². The van der Waals surface area contributed by atoms with Crippen LogP contribution in [0.25, 0.3) is 0 Å². The standard InChI is InChI=1S/C12H7Br2N3OS/c13-10-4-7(11(14)19-10)12(18)17-9-2-1-6(5-15)3-8(9)16/h1-4H,16H2,(H,17,18). The smallest absolute Gasteiger partial charge is 0.257 e. The summed E-state index contributed by atoms with van der Waals surface area (Å²) in [6, 6.07) is 8.45. The van der Waals surface area contributed by atoms with Gasteiger partial charge < -0.3 is 11.1 Å². The number of rotatable bonds is 2. The van der Waals surface area contributed by atoms with Crippen molar-refractivity contribution in [3.63, 3.8) is 0 Å². The van der Waals surface area contributed by atoms with E-state index in [1.165, 1.54) is 17.4 Å². The Morgan fingerprint density at radius 1 is 1.37 bits per heavy atom. The van der Waals surface area contributed by atoms with Gasteiger partial charge in [0.1, 0.15) is 0 Å². The second kappa shape index (κ2) is 5.74. The van der Waals surface area contributed by atoms with Crippen LogP contribution in [0.4, 0.5) is 11.4 Å². The van der Waals surface area contributed by atoms with Crippen molar-refractivity contribution in [1.29, 1.82) is 5.26 Å². The Hall–Kier alpha value is -1.36. The van der Waals surface area contributed by atoms with E-state index in [4.69, 9.17) is 11.0 Å². The van der Waals surface area contributed by atoms with Gasteiger partial charge in [0.15, 0.2) is 0 Å². The molecule has 0 aliphatic carbocycles. The average Bonchev–Trinajstić information content (AvgIpc) is 2.71. The number of nitrogens with two attached hydrogens (primary N) is 1. The third kappa shape index (κ3) is 3.15. The van der Waals surface area contributed by atoms with Crippen LogP contribution in [0.3, 0.4) is 0 Å². The van der Waals surface area contributed by atoms with Gasteiger partial charge in [0.2, 0.25) is 0 Å². The lowest BCUT2D eigenvalue weighted by atomic mass is 10.2. The van der Waals surface area contributed by atoms with E-state index in [9.17, 15) is 4.79 Å². The molecule has 0 aliphatic rings. The lowest BCUT2D eigenvalue weighted by Gasteiger charge is -2.07. The minimum absolute atomic E-state index is 0.259. The Morgan fingerprint density at radius 3 is 2.63 bits per heavy atom. The Kier molecular flexibility index (Phi) is 4.24. The van der Waals surface area contributed by atoms with Crippen LogP contribution in [-0.4, -0.2) is 5.91 Å². The fraction of sp³-hybridized carbons (Fsp3) is 0. The first-order valence-electron chi connectivity index (χ1n) is 5.07. The van der Waals surface area contributed by atoms with Crippen LogP contribution in [0, 0.1) is 11.3 Å². The summed E-state index contributed by atoms with van der Waals surface area (Å²) in [5.41, 5.74) is 7.61. The van der Waals surface area contributed by atoms with E-state index in [-0.39, 0.29) is 5.91 Å². The molecule has 0 radical (unpaired) electrons. The predicted octanol–water partition coefficient (Wildman–Crippen LogP) is 3.98. The number of nitrogen functional groups attached to an aromatic ring is 1. The van der Waals surface area contributed by atoms with Crippen molar-refractivity contribution in [2.45, 2.75) is 0 Å². The number of benzene rings is 1. The van der Waals surface area contributed by atoms with E-state index >= 15 is 0 Å². The second-order valence-electron chi connectivity index (χ2n) is 3.61. The SMILES string of the molecule is N#Cc1ccc(NC(=O)c2cc(Br)sc2Br)c(N)c1. The van der Waals surface area contributed by atoms with E-state index in [0.717, 1.165) is 7.57 Å². The molecule has 96 valence electrons. The number of nitrogens with zero attached hydrogens (tertiary/aromatic N) is 1. The Morgan fingerprint density at radius 2 is 2.11 bits per heavy atom. The second-order valence-corrected chi connectivity index (χ2v) is 7.36. The largest absolute Gasteiger partial charge is 0.397 e. The van der Waals surface area contributed by atoms with E-state index in [0.29, 0.717) is 22.5 Å². The molecule has 1 aromatic heterocycles. The van der Waals surface area contributed by atoms with Crippen LogP contribution < -0.4 is 11.1 Å². The summed E-state index contributed by atoms with van der Waals surface area (Å²) in [4.78, 5) is 12.1. The third-order valence-electron chi connectivity index (χ3n) is 2.33. The molecule has 1 amide bonds. The molecule has 19 heavy (non-hydrogen) atoms. The first-order chi connectivity index (χ1) is 9.01. The monoisotopic (exact) mass is 399 g/mol. The number of hydrogen-bond donors (Lipinski definition) is 2. The summed E-state index contributed by atoms with van der Waals surface area (Å²) in [6.45, 7) is 0. The minimum Gasteiger partial charge on any atom is -0.397 e. The van der Waals surface area contributed by atoms with E-state index in [2.05, 4.69) is 37.2 Å². The molecule has 2 rings (SSSR count). The van der Waals surface area contributed by atoms with Gasteiger partial charge in [-0.1, -0.05) is 0 Å². The molecular weight excluding hydrogens is 394 g/mol. The average molecular weight is 401 g/mol. The molecule has 7 heteroatoms. The molecule has 0 aliphatic heterocycles. The van der Waals surface area contributed by atoms with Crippen LogP contribution in [-0.2, 0) is 0 Å². The maximum Gasteiger partial charge on any atom is 0.257 e. The van der Waals surface area contributed by atoms with Crippen molar-refractivity contribution in [3.05, 3.63) is 43.0 Å². The number of nitriles is 1. The summed E-state index contributed by atoms with van der Waals surface area (Å²) in [5, 5.41) is 11.5. The number of carbonyl (C=O) groups excluding carboxylic acids is 1.